The van der Waals surface area contributed by atoms with Gasteiger partial charge >= 0.3 is 0 Å². The number of nitrogens with two attached hydrogens (primary N) is 1. The van der Waals surface area contributed by atoms with Crippen LogP contribution in [0.5, 0.6) is 0 Å². The molecule has 0 atom stereocenters. The highest BCUT2D eigenvalue weighted by Crippen LogP contribution is 2.32. The van der Waals surface area contributed by atoms with E-state index in [2.05, 4.69) is 0 Å². The fourth-order valence-electron chi connectivity index (χ4n) is 1.97. The van der Waals surface area contributed by atoms with Crippen molar-refractivity contribution in [3.8, 4) is 0 Å². The highest BCUT2D eigenvalue weighted by Gasteiger charge is 2.36. The molecule has 1 aromatic rings. The van der Waals surface area contributed by atoms with Gasteiger partial charge in [-0.3, -0.25) is 0 Å². The summed E-state index contributed by atoms with van der Waals surface area (Å²) in [6.45, 7) is 9.30. The molecule has 110 valence electrons. The smallest absolute Gasteiger partial charge is 0.247 e. The maximum atomic E-state index is 12.8. The molecule has 6 heteroatoms. The first-order valence-electron chi connectivity index (χ1n) is 6.37. The van der Waals surface area contributed by atoms with Gasteiger partial charge in [-0.2, -0.15) is 4.31 Å². The summed E-state index contributed by atoms with van der Waals surface area (Å²) in [7, 11) is -2.00. The topological polar surface area (TPSA) is 76.5 Å². The molecular weight excluding hydrogens is 264 g/mol. The third-order valence-corrected chi connectivity index (χ3v) is 6.13. The Labute approximate surface area is 115 Å². The van der Waals surface area contributed by atoms with Gasteiger partial charge < -0.3 is 10.2 Å². The molecule has 0 amide bonds. The fourth-order valence-corrected chi connectivity index (χ4v) is 3.97. The van der Waals surface area contributed by atoms with Crippen molar-refractivity contribution in [3.05, 3.63) is 17.1 Å². The average molecular weight is 288 g/mol. The highest BCUT2D eigenvalue weighted by molar-refractivity contribution is 7.89. The summed E-state index contributed by atoms with van der Waals surface area (Å²) in [5, 5.41) is 0. The minimum absolute atomic E-state index is 0.151. The lowest BCUT2D eigenvalue weighted by Gasteiger charge is -2.33. The van der Waals surface area contributed by atoms with Crippen molar-refractivity contribution in [1.82, 2.24) is 4.31 Å². The second-order valence-corrected chi connectivity index (χ2v) is 7.27. The molecule has 0 radical (unpaired) electrons. The van der Waals surface area contributed by atoms with Crippen LogP contribution in [0.3, 0.4) is 0 Å². The molecule has 2 N–H and O–H groups in total. The van der Waals surface area contributed by atoms with E-state index in [1.165, 1.54) is 4.31 Å². The first-order chi connectivity index (χ1) is 8.59. The first-order valence-corrected chi connectivity index (χ1v) is 7.81. The number of hydrogen-bond donors (Lipinski definition) is 1. The summed E-state index contributed by atoms with van der Waals surface area (Å²) < 4.78 is 32.4. The van der Waals surface area contributed by atoms with Crippen LogP contribution in [0.4, 0.5) is 0 Å². The van der Waals surface area contributed by atoms with Crippen LogP contribution in [0.15, 0.2) is 9.31 Å². The molecule has 0 spiro atoms. The molecule has 0 aliphatic heterocycles. The predicted octanol–water partition coefficient (Wildman–Crippen LogP) is 2.16. The Morgan fingerprint density at radius 1 is 1.26 bits per heavy atom. The van der Waals surface area contributed by atoms with E-state index in [9.17, 15) is 8.42 Å². The van der Waals surface area contributed by atoms with E-state index in [0.29, 0.717) is 17.1 Å². The number of hydrogen-bond acceptors (Lipinski definition) is 4. The number of furan rings is 1. The second-order valence-electron chi connectivity index (χ2n) is 5.36. The monoisotopic (exact) mass is 288 g/mol. The molecule has 0 fully saturated rings. The minimum atomic E-state index is -3.60. The number of aryl methyl sites for hydroxylation is 2. The normalized spacial score (nSPS) is 13.3. The van der Waals surface area contributed by atoms with Crippen molar-refractivity contribution in [2.45, 2.75) is 58.0 Å². The van der Waals surface area contributed by atoms with E-state index in [-0.39, 0.29) is 11.4 Å². The van der Waals surface area contributed by atoms with E-state index in [1.807, 2.05) is 20.8 Å². The third kappa shape index (κ3) is 2.70. The molecule has 1 rings (SSSR count). The molecule has 0 saturated carbocycles. The molecule has 1 heterocycles. The summed E-state index contributed by atoms with van der Waals surface area (Å²) in [4.78, 5) is 0.219. The van der Waals surface area contributed by atoms with Gasteiger partial charge in [0.05, 0.1) is 0 Å². The Hall–Kier alpha value is -0.850. The van der Waals surface area contributed by atoms with Crippen molar-refractivity contribution >= 4 is 10.0 Å². The van der Waals surface area contributed by atoms with E-state index < -0.39 is 15.6 Å². The third-order valence-electron chi connectivity index (χ3n) is 3.87. The van der Waals surface area contributed by atoms with Crippen LogP contribution < -0.4 is 5.73 Å². The van der Waals surface area contributed by atoms with E-state index in [4.69, 9.17) is 10.2 Å². The van der Waals surface area contributed by atoms with Gasteiger partial charge in [-0.1, -0.05) is 6.92 Å². The van der Waals surface area contributed by atoms with Crippen LogP contribution in [-0.4, -0.2) is 25.3 Å². The van der Waals surface area contributed by atoms with Gasteiger partial charge in [0, 0.05) is 24.7 Å². The molecule has 0 aromatic carbocycles. The summed E-state index contributed by atoms with van der Waals surface area (Å²) in [6, 6.07) is 0. The predicted molar refractivity (Wildman–Crippen MR) is 75.4 cm³/mol. The molecule has 0 aliphatic rings. The maximum Gasteiger partial charge on any atom is 0.247 e. The Morgan fingerprint density at radius 3 is 2.21 bits per heavy atom. The average Bonchev–Trinajstić information content (AvgIpc) is 2.62. The quantitative estimate of drug-likeness (QED) is 0.900. The largest absolute Gasteiger partial charge is 0.465 e. The molecular formula is C13H24N2O3S. The van der Waals surface area contributed by atoms with E-state index >= 15 is 0 Å². The lowest BCUT2D eigenvalue weighted by Crippen LogP contribution is -2.44. The Balaban J connectivity index is 3.45. The molecule has 19 heavy (non-hydrogen) atoms. The second kappa shape index (κ2) is 5.26. The van der Waals surface area contributed by atoms with Crippen molar-refractivity contribution in [3.63, 3.8) is 0 Å². The maximum absolute atomic E-state index is 12.8. The van der Waals surface area contributed by atoms with Gasteiger partial charge in [0.2, 0.25) is 10.0 Å². The summed E-state index contributed by atoms with van der Waals surface area (Å²) in [5.41, 5.74) is 5.77. The summed E-state index contributed by atoms with van der Waals surface area (Å²) >= 11 is 0. The zero-order chi connectivity index (χ0) is 15.0. The van der Waals surface area contributed by atoms with Crippen LogP contribution >= 0.6 is 0 Å². The SMILES string of the molecule is CCC(C)(C)N(C)S(=O)(=O)c1c(C)oc(C)c1CN. The van der Waals surface area contributed by atoms with Gasteiger partial charge in [0.15, 0.2) is 0 Å². The van der Waals surface area contributed by atoms with Crippen LogP contribution in [0.25, 0.3) is 0 Å². The zero-order valence-electron chi connectivity index (χ0n) is 12.6. The van der Waals surface area contributed by atoms with Crippen molar-refractivity contribution in [1.29, 1.82) is 0 Å². The first kappa shape index (κ1) is 16.2. The van der Waals surface area contributed by atoms with Crippen molar-refractivity contribution in [2.24, 2.45) is 5.73 Å². The molecule has 0 saturated heterocycles. The number of nitrogens with zero attached hydrogens (tertiary/aromatic N) is 1. The number of rotatable bonds is 5. The van der Waals surface area contributed by atoms with Crippen molar-refractivity contribution < 1.29 is 12.8 Å². The van der Waals surface area contributed by atoms with Gasteiger partial charge in [0.25, 0.3) is 0 Å². The van der Waals surface area contributed by atoms with Gasteiger partial charge in [-0.15, -0.1) is 0 Å². The number of sulfonamides is 1. The molecule has 5 nitrogen and oxygen atoms in total. The lowest BCUT2D eigenvalue weighted by atomic mass is 10.0. The minimum Gasteiger partial charge on any atom is -0.465 e. The Bertz CT molecular complexity index is 559. The lowest BCUT2D eigenvalue weighted by molar-refractivity contribution is 0.256. The van der Waals surface area contributed by atoms with Crippen LogP contribution in [0.1, 0.15) is 44.3 Å². The van der Waals surface area contributed by atoms with Gasteiger partial charge in [-0.05, 0) is 34.1 Å². The van der Waals surface area contributed by atoms with Crippen LogP contribution in [-0.2, 0) is 16.6 Å². The van der Waals surface area contributed by atoms with Crippen molar-refractivity contribution in [2.75, 3.05) is 7.05 Å². The zero-order valence-corrected chi connectivity index (χ0v) is 13.4. The van der Waals surface area contributed by atoms with Crippen LogP contribution in [0.2, 0.25) is 0 Å². The molecule has 0 unspecified atom stereocenters. The molecule has 1 aromatic heterocycles. The molecule has 0 bridgehead atoms. The summed E-state index contributed by atoms with van der Waals surface area (Å²) in [6.07, 6.45) is 0.719. The summed E-state index contributed by atoms with van der Waals surface area (Å²) in [5.74, 6) is 0.970. The van der Waals surface area contributed by atoms with E-state index in [1.54, 1.807) is 20.9 Å². The Morgan fingerprint density at radius 2 is 1.79 bits per heavy atom. The van der Waals surface area contributed by atoms with E-state index in [0.717, 1.165) is 6.42 Å². The fraction of sp³-hybridized carbons (Fsp3) is 0.692. The van der Waals surface area contributed by atoms with Gasteiger partial charge in [0.1, 0.15) is 16.4 Å². The van der Waals surface area contributed by atoms with Gasteiger partial charge in [-0.25, -0.2) is 8.42 Å². The highest BCUT2D eigenvalue weighted by atomic mass is 32.2. The standard InChI is InChI=1S/C13H24N2O3S/c1-7-13(4,5)15(6)19(16,17)12-10(3)18-9(2)11(12)8-14/h7-8,14H2,1-6H3. The van der Waals surface area contributed by atoms with Crippen LogP contribution in [0, 0.1) is 13.8 Å². The molecule has 0 aliphatic carbocycles. The Kier molecular flexibility index (Phi) is 4.49.